The third-order valence-corrected chi connectivity index (χ3v) is 6.48. The summed E-state index contributed by atoms with van der Waals surface area (Å²) >= 11 is 0. The first-order valence-electron chi connectivity index (χ1n) is 12.1. The Bertz CT molecular complexity index is 1120. The minimum atomic E-state index is 0.352. The van der Waals surface area contributed by atoms with E-state index < -0.39 is 0 Å². The van der Waals surface area contributed by atoms with Crippen LogP contribution in [0, 0.1) is 0 Å². The van der Waals surface area contributed by atoms with Gasteiger partial charge >= 0.3 is 0 Å². The zero-order chi connectivity index (χ0) is 22.3. The Morgan fingerprint density at radius 2 is 1.88 bits per heavy atom. The van der Waals surface area contributed by atoms with Gasteiger partial charge in [-0.25, -0.2) is 4.98 Å². The number of rotatable bonds is 10. The predicted molar refractivity (Wildman–Crippen MR) is 132 cm³/mol. The molecule has 3 heterocycles. The maximum absolute atomic E-state index is 4.86. The number of unbranched alkanes of at least 4 members (excludes halogenated alkanes) is 1. The molecule has 6 nitrogen and oxygen atoms in total. The van der Waals surface area contributed by atoms with Crippen molar-refractivity contribution in [1.82, 2.24) is 30.2 Å². The lowest BCUT2D eigenvalue weighted by Crippen LogP contribution is -2.33. The zero-order valence-electron chi connectivity index (χ0n) is 19.1. The largest absolute Gasteiger partial charge is 0.341 e. The predicted octanol–water partition coefficient (Wildman–Crippen LogP) is 4.80. The summed E-state index contributed by atoms with van der Waals surface area (Å²) in [5.74, 6) is 1.03. The number of nitrogens with zero attached hydrogens (tertiary/aromatic N) is 4. The Labute approximate surface area is 195 Å². The summed E-state index contributed by atoms with van der Waals surface area (Å²) in [6, 6.07) is 19.0. The van der Waals surface area contributed by atoms with Crippen molar-refractivity contribution in [3.8, 4) is 0 Å². The van der Waals surface area contributed by atoms with E-state index >= 15 is 0 Å². The second kappa shape index (κ2) is 10.7. The molecule has 0 bridgehead atoms. The normalized spacial score (nSPS) is 15.7. The molecule has 2 N–H and O–H groups in total. The Morgan fingerprint density at radius 1 is 0.970 bits per heavy atom. The average Bonchev–Trinajstić information content (AvgIpc) is 3.28. The molecule has 0 saturated heterocycles. The molecule has 0 fully saturated rings. The molecule has 0 amide bonds. The lowest BCUT2D eigenvalue weighted by Gasteiger charge is -2.34. The molecular formula is C27H32N6. The maximum atomic E-state index is 4.86. The van der Waals surface area contributed by atoms with Crippen LogP contribution >= 0.6 is 0 Å². The number of aromatic nitrogens is 4. The summed E-state index contributed by atoms with van der Waals surface area (Å²) in [6.07, 6.45) is 9.56. The Morgan fingerprint density at radius 3 is 2.79 bits per heavy atom. The molecule has 0 spiro atoms. The third-order valence-electron chi connectivity index (χ3n) is 6.48. The van der Waals surface area contributed by atoms with Crippen LogP contribution in [0.25, 0.3) is 11.0 Å². The smallest absolute Gasteiger partial charge is 0.121 e. The Hall–Kier alpha value is -3.09. The molecule has 33 heavy (non-hydrogen) atoms. The summed E-state index contributed by atoms with van der Waals surface area (Å²) < 4.78 is 0. The number of para-hydroxylation sites is 2. The van der Waals surface area contributed by atoms with Gasteiger partial charge in [0.15, 0.2) is 0 Å². The van der Waals surface area contributed by atoms with Gasteiger partial charge in [-0.1, -0.05) is 24.3 Å². The number of imidazole rings is 1. The highest BCUT2D eigenvalue weighted by Gasteiger charge is 2.27. The average molecular weight is 441 g/mol. The highest BCUT2D eigenvalue weighted by atomic mass is 15.2. The summed E-state index contributed by atoms with van der Waals surface area (Å²) in [4.78, 5) is 20.2. The molecule has 0 radical (unpaired) electrons. The summed E-state index contributed by atoms with van der Waals surface area (Å²) in [6.45, 7) is 3.66. The standard InChI is InChI=1S/C27H32N6/c1-2-13-24-23(12-1)31-26(32-24)20-33(25-14-7-9-21-10-8-17-30-27(21)25)18-6-5-15-28-19-22-11-3-4-16-29-22/h1-4,8,10-13,16-17,25,28H,5-7,9,14-15,18-20H2,(H,31,32). The number of fused-ring (bicyclic) bond motifs is 2. The van der Waals surface area contributed by atoms with E-state index in [1.807, 2.05) is 30.6 Å². The van der Waals surface area contributed by atoms with Crippen molar-refractivity contribution >= 4 is 11.0 Å². The van der Waals surface area contributed by atoms with Crippen LogP contribution in [-0.4, -0.2) is 37.9 Å². The zero-order valence-corrected chi connectivity index (χ0v) is 19.1. The Kier molecular flexibility index (Phi) is 7.04. The van der Waals surface area contributed by atoms with Gasteiger partial charge in [0, 0.05) is 18.9 Å². The van der Waals surface area contributed by atoms with E-state index in [2.05, 4.69) is 56.6 Å². The van der Waals surface area contributed by atoms with Crippen molar-refractivity contribution < 1.29 is 0 Å². The van der Waals surface area contributed by atoms with Gasteiger partial charge in [-0.3, -0.25) is 14.9 Å². The van der Waals surface area contributed by atoms with Gasteiger partial charge in [-0.2, -0.15) is 0 Å². The molecule has 4 aromatic rings. The van der Waals surface area contributed by atoms with E-state index in [0.717, 1.165) is 74.4 Å². The van der Waals surface area contributed by atoms with E-state index in [-0.39, 0.29) is 0 Å². The first kappa shape index (κ1) is 21.7. The molecule has 0 saturated carbocycles. The Balaban J connectivity index is 1.24. The molecule has 1 aliphatic carbocycles. The fraction of sp³-hybridized carbons (Fsp3) is 0.370. The lowest BCUT2D eigenvalue weighted by molar-refractivity contribution is 0.159. The number of pyridine rings is 2. The summed E-state index contributed by atoms with van der Waals surface area (Å²) in [5, 5.41) is 3.53. The van der Waals surface area contributed by atoms with Crippen molar-refractivity contribution in [2.45, 2.75) is 51.2 Å². The van der Waals surface area contributed by atoms with Crippen LogP contribution < -0.4 is 5.32 Å². The minimum Gasteiger partial charge on any atom is -0.341 e. The van der Waals surface area contributed by atoms with Crippen LogP contribution in [0.3, 0.4) is 0 Å². The van der Waals surface area contributed by atoms with Gasteiger partial charge in [0.05, 0.1) is 35.0 Å². The number of hydrogen-bond donors (Lipinski definition) is 2. The molecular weight excluding hydrogens is 408 g/mol. The van der Waals surface area contributed by atoms with Crippen molar-refractivity contribution in [2.24, 2.45) is 0 Å². The van der Waals surface area contributed by atoms with Crippen LogP contribution in [0.2, 0.25) is 0 Å². The van der Waals surface area contributed by atoms with Gasteiger partial charge in [-0.05, 0) is 81.1 Å². The molecule has 1 aromatic carbocycles. The van der Waals surface area contributed by atoms with Crippen LogP contribution in [0.5, 0.6) is 0 Å². The number of H-pyrrole nitrogens is 1. The monoisotopic (exact) mass is 440 g/mol. The second-order valence-corrected chi connectivity index (χ2v) is 8.83. The highest BCUT2D eigenvalue weighted by molar-refractivity contribution is 5.74. The second-order valence-electron chi connectivity index (χ2n) is 8.83. The van der Waals surface area contributed by atoms with Crippen LogP contribution in [0.15, 0.2) is 67.0 Å². The summed E-state index contributed by atoms with van der Waals surface area (Å²) in [7, 11) is 0. The molecule has 5 rings (SSSR count). The lowest BCUT2D eigenvalue weighted by atomic mass is 9.90. The van der Waals surface area contributed by atoms with Gasteiger partial charge in [0.2, 0.25) is 0 Å². The number of benzene rings is 1. The fourth-order valence-electron chi connectivity index (χ4n) is 4.84. The number of aromatic amines is 1. The SMILES string of the molecule is c1ccc(CNCCCCN(Cc2nc3ccccc3[nH]2)C2CCCc3cccnc32)nc1. The molecule has 1 aliphatic rings. The van der Waals surface area contributed by atoms with Crippen molar-refractivity contribution in [3.05, 3.63) is 89.8 Å². The molecule has 3 aromatic heterocycles. The molecule has 170 valence electrons. The van der Waals surface area contributed by atoms with E-state index in [9.17, 15) is 0 Å². The fourth-order valence-corrected chi connectivity index (χ4v) is 4.84. The van der Waals surface area contributed by atoms with Crippen molar-refractivity contribution in [2.75, 3.05) is 13.1 Å². The number of aryl methyl sites for hydroxylation is 1. The minimum absolute atomic E-state index is 0.352. The van der Waals surface area contributed by atoms with Gasteiger partial charge in [-0.15, -0.1) is 0 Å². The molecule has 0 aliphatic heterocycles. The first-order valence-corrected chi connectivity index (χ1v) is 12.1. The van der Waals surface area contributed by atoms with Gasteiger partial charge in [0.1, 0.15) is 5.82 Å². The van der Waals surface area contributed by atoms with Gasteiger partial charge < -0.3 is 10.3 Å². The number of hydrogen-bond acceptors (Lipinski definition) is 5. The highest BCUT2D eigenvalue weighted by Crippen LogP contribution is 2.33. The van der Waals surface area contributed by atoms with E-state index in [0.29, 0.717) is 6.04 Å². The van der Waals surface area contributed by atoms with Gasteiger partial charge in [0.25, 0.3) is 0 Å². The van der Waals surface area contributed by atoms with Crippen molar-refractivity contribution in [3.63, 3.8) is 0 Å². The number of nitrogens with one attached hydrogen (secondary N) is 2. The molecule has 1 unspecified atom stereocenters. The summed E-state index contributed by atoms with van der Waals surface area (Å²) in [5.41, 5.74) is 5.89. The van der Waals surface area contributed by atoms with E-state index in [4.69, 9.17) is 9.97 Å². The quantitative estimate of drug-likeness (QED) is 0.347. The van der Waals surface area contributed by atoms with Crippen LogP contribution in [0.1, 0.15) is 54.5 Å². The van der Waals surface area contributed by atoms with E-state index in [1.165, 1.54) is 17.7 Å². The third kappa shape index (κ3) is 5.46. The first-order chi connectivity index (χ1) is 16.4. The molecule has 6 heteroatoms. The molecule has 1 atom stereocenters. The van der Waals surface area contributed by atoms with Crippen molar-refractivity contribution in [1.29, 1.82) is 0 Å². The maximum Gasteiger partial charge on any atom is 0.121 e. The van der Waals surface area contributed by atoms with Crippen LogP contribution in [0.4, 0.5) is 0 Å². The van der Waals surface area contributed by atoms with Crippen LogP contribution in [-0.2, 0) is 19.5 Å². The topological polar surface area (TPSA) is 69.7 Å². The van der Waals surface area contributed by atoms with E-state index in [1.54, 1.807) is 0 Å².